The van der Waals surface area contributed by atoms with Gasteiger partial charge in [0.1, 0.15) is 11.3 Å². The molecule has 1 saturated carbocycles. The highest BCUT2D eigenvalue weighted by Gasteiger charge is 2.46. The molecule has 1 heterocycles. The average Bonchev–Trinajstić information content (AvgIpc) is 3.11. The summed E-state index contributed by atoms with van der Waals surface area (Å²) >= 11 is 6.03. The molecule has 1 aliphatic carbocycles. The van der Waals surface area contributed by atoms with Gasteiger partial charge in [0.05, 0.1) is 11.5 Å². The van der Waals surface area contributed by atoms with Gasteiger partial charge in [-0.2, -0.15) is 0 Å². The number of benzene rings is 1. The normalized spacial score (nSPS) is 23.5. The van der Waals surface area contributed by atoms with Gasteiger partial charge in [-0.1, -0.05) is 18.5 Å². The van der Waals surface area contributed by atoms with Gasteiger partial charge in [0.2, 0.25) is 0 Å². The molecule has 0 unspecified atom stereocenters. The zero-order chi connectivity index (χ0) is 23.7. The fourth-order valence-corrected chi connectivity index (χ4v) is 4.40. The number of carboxylic acid groups (broad SMARTS) is 1. The van der Waals surface area contributed by atoms with Crippen molar-refractivity contribution < 1.29 is 24.2 Å². The summed E-state index contributed by atoms with van der Waals surface area (Å²) in [6.45, 7) is 7.08. The van der Waals surface area contributed by atoms with Crippen LogP contribution in [0.4, 0.5) is 4.79 Å². The van der Waals surface area contributed by atoms with E-state index in [1.54, 1.807) is 45.0 Å². The molecule has 1 aromatic heterocycles. The molecule has 1 aliphatic rings. The van der Waals surface area contributed by atoms with E-state index in [0.717, 1.165) is 10.9 Å². The molecule has 3 rings (SSSR count). The maximum atomic E-state index is 13.0. The fraction of sp³-hybridized carbons (Fsp3) is 0.522. The minimum absolute atomic E-state index is 0.200. The third-order valence-corrected chi connectivity index (χ3v) is 6.24. The van der Waals surface area contributed by atoms with Crippen molar-refractivity contribution >= 4 is 40.5 Å². The molecule has 1 aromatic carbocycles. The first-order valence-corrected chi connectivity index (χ1v) is 11.1. The van der Waals surface area contributed by atoms with Crippen molar-refractivity contribution in [2.75, 3.05) is 0 Å². The molecule has 0 aliphatic heterocycles. The van der Waals surface area contributed by atoms with E-state index in [1.807, 2.05) is 6.92 Å². The van der Waals surface area contributed by atoms with Crippen LogP contribution in [0.2, 0.25) is 5.02 Å². The van der Waals surface area contributed by atoms with Crippen LogP contribution in [0, 0.1) is 5.41 Å². The van der Waals surface area contributed by atoms with E-state index in [2.05, 4.69) is 15.6 Å². The zero-order valence-corrected chi connectivity index (χ0v) is 19.5. The molecular formula is C23H30ClN3O5. The number of carboxylic acids is 1. The van der Waals surface area contributed by atoms with Gasteiger partial charge in [0.25, 0.3) is 5.91 Å². The number of fused-ring (bicyclic) bond motifs is 1. The number of amides is 2. The summed E-state index contributed by atoms with van der Waals surface area (Å²) in [6, 6.07) is 5.98. The summed E-state index contributed by atoms with van der Waals surface area (Å²) < 4.78 is 5.36. The summed E-state index contributed by atoms with van der Waals surface area (Å²) in [5.74, 6) is -1.23. The second kappa shape index (κ2) is 9.02. The Hall–Kier alpha value is -2.74. The Bertz CT molecular complexity index is 1030. The van der Waals surface area contributed by atoms with Crippen LogP contribution >= 0.6 is 11.6 Å². The van der Waals surface area contributed by atoms with Crippen molar-refractivity contribution in [1.82, 2.24) is 15.6 Å². The average molecular weight is 464 g/mol. The Morgan fingerprint density at radius 3 is 2.56 bits per heavy atom. The monoisotopic (exact) mass is 463 g/mol. The molecule has 1 fully saturated rings. The Balaban J connectivity index is 1.80. The van der Waals surface area contributed by atoms with E-state index in [1.165, 1.54) is 0 Å². The Kier molecular flexibility index (Phi) is 6.74. The smallest absolute Gasteiger partial charge is 0.407 e. The highest BCUT2D eigenvalue weighted by atomic mass is 35.5. The minimum atomic E-state index is -0.960. The van der Waals surface area contributed by atoms with Crippen LogP contribution in [0.15, 0.2) is 24.3 Å². The molecule has 0 bridgehead atoms. The van der Waals surface area contributed by atoms with Crippen LogP contribution in [0.5, 0.6) is 0 Å². The Morgan fingerprint density at radius 1 is 1.22 bits per heavy atom. The van der Waals surface area contributed by atoms with Crippen LogP contribution in [-0.4, -0.2) is 45.7 Å². The summed E-state index contributed by atoms with van der Waals surface area (Å²) in [7, 11) is 0. The third kappa shape index (κ3) is 5.35. The Labute approximate surface area is 192 Å². The minimum Gasteiger partial charge on any atom is -0.481 e. The molecule has 0 radical (unpaired) electrons. The number of nitrogens with one attached hydrogen (secondary N) is 3. The highest BCUT2D eigenvalue weighted by molar-refractivity contribution is 6.31. The first-order chi connectivity index (χ1) is 14.9. The van der Waals surface area contributed by atoms with E-state index in [9.17, 15) is 19.5 Å². The number of carbonyl (C=O) groups is 3. The van der Waals surface area contributed by atoms with Crippen molar-refractivity contribution in [3.8, 4) is 0 Å². The van der Waals surface area contributed by atoms with Gasteiger partial charge in [-0.15, -0.1) is 0 Å². The number of carbonyl (C=O) groups excluding carboxylic acids is 2. The van der Waals surface area contributed by atoms with E-state index in [4.69, 9.17) is 16.3 Å². The molecule has 2 aromatic rings. The molecule has 2 amide bonds. The van der Waals surface area contributed by atoms with Crippen LogP contribution in [0.1, 0.15) is 63.9 Å². The predicted molar refractivity (Wildman–Crippen MR) is 122 cm³/mol. The van der Waals surface area contributed by atoms with Gasteiger partial charge in [-0.05, 0) is 70.7 Å². The van der Waals surface area contributed by atoms with Gasteiger partial charge in [0.15, 0.2) is 0 Å². The molecular weight excluding hydrogens is 434 g/mol. The highest BCUT2D eigenvalue weighted by Crippen LogP contribution is 2.40. The lowest BCUT2D eigenvalue weighted by Crippen LogP contribution is -2.58. The predicted octanol–water partition coefficient (Wildman–Crippen LogP) is 4.48. The number of halogens is 1. The Morgan fingerprint density at radius 2 is 1.94 bits per heavy atom. The van der Waals surface area contributed by atoms with Crippen molar-refractivity contribution in [1.29, 1.82) is 0 Å². The number of rotatable bonds is 5. The maximum absolute atomic E-state index is 13.0. The molecule has 8 nitrogen and oxygen atoms in total. The van der Waals surface area contributed by atoms with Crippen molar-refractivity contribution in [3.63, 3.8) is 0 Å². The number of hydrogen-bond donors (Lipinski definition) is 4. The zero-order valence-electron chi connectivity index (χ0n) is 18.8. The third-order valence-electron chi connectivity index (χ3n) is 6.01. The van der Waals surface area contributed by atoms with Crippen LogP contribution in [-0.2, 0) is 9.53 Å². The van der Waals surface area contributed by atoms with Gasteiger partial charge in [-0.3, -0.25) is 9.59 Å². The van der Waals surface area contributed by atoms with Crippen LogP contribution in [0.3, 0.4) is 0 Å². The maximum Gasteiger partial charge on any atom is 0.407 e. The fourth-order valence-electron chi connectivity index (χ4n) is 4.22. The van der Waals surface area contributed by atoms with E-state index in [-0.39, 0.29) is 12.3 Å². The number of ether oxygens (including phenoxy) is 1. The van der Waals surface area contributed by atoms with E-state index >= 15 is 0 Å². The van der Waals surface area contributed by atoms with Gasteiger partial charge in [0, 0.05) is 22.0 Å². The number of H-pyrrole nitrogens is 1. The summed E-state index contributed by atoms with van der Waals surface area (Å²) in [4.78, 5) is 40.5. The number of aliphatic carboxylic acids is 1. The van der Waals surface area contributed by atoms with Crippen molar-refractivity contribution in [2.45, 2.75) is 71.1 Å². The molecule has 0 spiro atoms. The van der Waals surface area contributed by atoms with Crippen molar-refractivity contribution in [2.24, 2.45) is 5.41 Å². The lowest BCUT2D eigenvalue weighted by Gasteiger charge is -2.42. The lowest BCUT2D eigenvalue weighted by atomic mass is 9.68. The van der Waals surface area contributed by atoms with Gasteiger partial charge >= 0.3 is 12.1 Å². The van der Waals surface area contributed by atoms with E-state index < -0.39 is 35.2 Å². The summed E-state index contributed by atoms with van der Waals surface area (Å²) in [6.07, 6.45) is 0.805. The van der Waals surface area contributed by atoms with Crippen molar-refractivity contribution in [3.05, 3.63) is 35.0 Å². The second-order valence-corrected chi connectivity index (χ2v) is 9.87. The van der Waals surface area contributed by atoms with Gasteiger partial charge < -0.3 is 25.5 Å². The largest absolute Gasteiger partial charge is 0.481 e. The number of alkyl carbamates (subject to hydrolysis) is 1. The molecule has 32 heavy (non-hydrogen) atoms. The molecule has 9 heteroatoms. The SMILES string of the molecule is CC[C@]1(C(=O)O)CC[C@H](NC(=O)c2cc3cc(Cl)ccc3[nH]2)[C@H](NC(=O)OC(C)(C)C)C1. The molecule has 174 valence electrons. The molecule has 4 N–H and O–H groups in total. The summed E-state index contributed by atoms with van der Waals surface area (Å²) in [5, 5.41) is 17.0. The first-order valence-electron chi connectivity index (χ1n) is 10.7. The lowest BCUT2D eigenvalue weighted by molar-refractivity contribution is -0.152. The summed E-state index contributed by atoms with van der Waals surface area (Å²) in [5.41, 5.74) is -0.511. The first kappa shape index (κ1) is 23.9. The van der Waals surface area contributed by atoms with Crippen LogP contribution < -0.4 is 10.6 Å². The standard InChI is InChI=1S/C23H30ClN3O5/c1-5-23(20(29)30)9-8-16(18(12-23)27-21(31)32-22(2,3)4)26-19(28)17-11-13-10-14(24)6-7-15(13)25-17/h6-7,10-11,16,18,25H,5,8-9,12H2,1-4H3,(H,26,28)(H,27,31)(H,29,30)/t16-,18+,23-/m0/s1. The van der Waals surface area contributed by atoms with Gasteiger partial charge in [-0.25, -0.2) is 4.79 Å². The number of aromatic amines is 1. The van der Waals surface area contributed by atoms with Crippen LogP contribution in [0.25, 0.3) is 10.9 Å². The molecule has 3 atom stereocenters. The second-order valence-electron chi connectivity index (χ2n) is 9.43. The number of hydrogen-bond acceptors (Lipinski definition) is 4. The molecule has 0 saturated heterocycles. The van der Waals surface area contributed by atoms with E-state index in [0.29, 0.717) is 30.0 Å². The topological polar surface area (TPSA) is 121 Å². The number of aromatic nitrogens is 1. The quantitative estimate of drug-likeness (QED) is 0.521.